The van der Waals surface area contributed by atoms with Gasteiger partial charge >= 0.3 is 0 Å². The van der Waals surface area contributed by atoms with Crippen molar-refractivity contribution < 1.29 is 4.79 Å². The summed E-state index contributed by atoms with van der Waals surface area (Å²) in [5, 5.41) is 22.8. The first-order valence-electron chi connectivity index (χ1n) is 11.5. The maximum Gasteiger partial charge on any atom is 0.219 e. The summed E-state index contributed by atoms with van der Waals surface area (Å²) in [4.78, 5) is 22.6. The summed E-state index contributed by atoms with van der Waals surface area (Å²) in [7, 11) is 0. The molecule has 0 bridgehead atoms. The number of hydrogen-bond donors (Lipinski definition) is 3. The summed E-state index contributed by atoms with van der Waals surface area (Å²) in [6, 6.07) is 7.95. The van der Waals surface area contributed by atoms with Gasteiger partial charge in [0, 0.05) is 55.8 Å². The monoisotopic (exact) mass is 458 g/mol. The molecule has 0 atom stereocenters. The normalized spacial score (nSPS) is 14.9. The van der Waals surface area contributed by atoms with E-state index in [4.69, 9.17) is 10.4 Å². The highest BCUT2D eigenvalue weighted by molar-refractivity contribution is 6.08. The van der Waals surface area contributed by atoms with Crippen molar-refractivity contribution in [2.75, 3.05) is 18.4 Å². The molecule has 3 aromatic rings. The Labute approximate surface area is 199 Å². The molecule has 0 spiro atoms. The number of aromatic nitrogens is 4. The van der Waals surface area contributed by atoms with Crippen LogP contribution in [0.5, 0.6) is 0 Å². The van der Waals surface area contributed by atoms with Gasteiger partial charge < -0.3 is 20.9 Å². The van der Waals surface area contributed by atoms with E-state index in [0.717, 1.165) is 53.7 Å². The average molecular weight is 459 g/mol. The Bertz CT molecular complexity index is 1210. The minimum Gasteiger partial charge on any atom is -0.387 e. The minimum atomic E-state index is 0.123. The van der Waals surface area contributed by atoms with E-state index in [0.29, 0.717) is 17.6 Å². The Morgan fingerprint density at radius 1 is 1.15 bits per heavy atom. The molecule has 4 rings (SSSR count). The van der Waals surface area contributed by atoms with E-state index in [1.807, 2.05) is 35.4 Å². The first-order valence-corrected chi connectivity index (χ1v) is 11.5. The molecule has 0 aliphatic carbocycles. The molecule has 176 valence electrons. The SMILES string of the molecule is CC(=O)N1CCC(N/C=C(\C=N)c2cnc3ccc(Nc4cc(C(C)C)cnn4)nc3c2)CC1. The van der Waals surface area contributed by atoms with Crippen LogP contribution in [0.15, 0.2) is 42.9 Å². The molecular weight excluding hydrogens is 428 g/mol. The van der Waals surface area contributed by atoms with Crippen molar-refractivity contribution in [3.05, 3.63) is 54.0 Å². The number of piperidine rings is 1. The van der Waals surface area contributed by atoms with E-state index >= 15 is 0 Å². The highest BCUT2D eigenvalue weighted by atomic mass is 16.2. The first-order chi connectivity index (χ1) is 16.4. The van der Waals surface area contributed by atoms with Crippen molar-refractivity contribution in [3.63, 3.8) is 0 Å². The van der Waals surface area contributed by atoms with Gasteiger partial charge in [0.05, 0.1) is 17.2 Å². The Balaban J connectivity index is 1.50. The number of fused-ring (bicyclic) bond motifs is 1. The highest BCUT2D eigenvalue weighted by Crippen LogP contribution is 2.22. The number of nitrogens with one attached hydrogen (secondary N) is 3. The van der Waals surface area contributed by atoms with E-state index in [2.05, 4.69) is 39.7 Å². The fraction of sp³-hybridized carbons (Fsp3) is 0.360. The van der Waals surface area contributed by atoms with E-state index in [9.17, 15) is 4.79 Å². The number of nitrogens with zero attached hydrogens (tertiary/aromatic N) is 5. The predicted octanol–water partition coefficient (Wildman–Crippen LogP) is 3.88. The lowest BCUT2D eigenvalue weighted by Crippen LogP contribution is -2.42. The molecule has 9 heteroatoms. The second-order valence-electron chi connectivity index (χ2n) is 8.80. The fourth-order valence-electron chi connectivity index (χ4n) is 3.90. The van der Waals surface area contributed by atoms with Gasteiger partial charge in [-0.15, -0.1) is 5.10 Å². The number of rotatable bonds is 7. The molecule has 1 amide bonds. The van der Waals surface area contributed by atoms with Gasteiger partial charge in [-0.1, -0.05) is 13.8 Å². The smallest absolute Gasteiger partial charge is 0.219 e. The largest absolute Gasteiger partial charge is 0.387 e. The van der Waals surface area contributed by atoms with Gasteiger partial charge in [0.2, 0.25) is 5.91 Å². The number of likely N-dealkylation sites (tertiary alicyclic amines) is 1. The molecule has 0 saturated carbocycles. The van der Waals surface area contributed by atoms with Crippen LogP contribution in [0.2, 0.25) is 0 Å². The van der Waals surface area contributed by atoms with Crippen LogP contribution in [0.1, 0.15) is 50.7 Å². The molecule has 1 saturated heterocycles. The average Bonchev–Trinajstić information content (AvgIpc) is 2.84. The zero-order valence-corrected chi connectivity index (χ0v) is 19.7. The third-order valence-electron chi connectivity index (χ3n) is 6.04. The Morgan fingerprint density at radius 3 is 2.65 bits per heavy atom. The molecule has 9 nitrogen and oxygen atoms in total. The molecule has 4 heterocycles. The van der Waals surface area contributed by atoms with Crippen LogP contribution >= 0.6 is 0 Å². The predicted molar refractivity (Wildman–Crippen MR) is 134 cm³/mol. The molecule has 1 aliphatic rings. The van der Waals surface area contributed by atoms with Gasteiger partial charge in [0.1, 0.15) is 5.82 Å². The van der Waals surface area contributed by atoms with Crippen LogP contribution in [0.3, 0.4) is 0 Å². The van der Waals surface area contributed by atoms with Gasteiger partial charge in [-0.3, -0.25) is 9.78 Å². The summed E-state index contributed by atoms with van der Waals surface area (Å²) in [6.07, 6.45) is 8.47. The second-order valence-corrected chi connectivity index (χ2v) is 8.80. The number of anilines is 2. The summed E-state index contributed by atoms with van der Waals surface area (Å²) in [5.74, 6) is 1.77. The van der Waals surface area contributed by atoms with E-state index < -0.39 is 0 Å². The standard InChI is InChI=1S/C25H30N8O/c1-16(2)18-11-25(32-29-15-18)31-24-5-4-22-23(30-24)10-19(13-28-22)20(12-26)14-27-21-6-8-33(9-7-21)17(3)34/h4-5,10-16,21,26-27H,6-9H2,1-3H3,(H,30,31,32)/b20-14+,26-12?. The lowest BCUT2D eigenvalue weighted by atomic mass is 10.0. The highest BCUT2D eigenvalue weighted by Gasteiger charge is 2.19. The van der Waals surface area contributed by atoms with Crippen molar-refractivity contribution in [3.8, 4) is 0 Å². The molecular formula is C25H30N8O. The Kier molecular flexibility index (Phi) is 7.10. The van der Waals surface area contributed by atoms with Gasteiger partial charge in [-0.25, -0.2) is 4.98 Å². The number of pyridine rings is 2. The Hall–Kier alpha value is -3.88. The van der Waals surface area contributed by atoms with Crippen LogP contribution in [0.4, 0.5) is 11.6 Å². The van der Waals surface area contributed by atoms with Crippen LogP contribution in [-0.4, -0.2) is 56.3 Å². The maximum absolute atomic E-state index is 11.5. The topological polar surface area (TPSA) is 120 Å². The molecule has 0 aromatic carbocycles. The molecule has 3 N–H and O–H groups in total. The van der Waals surface area contributed by atoms with Crippen molar-refractivity contribution in [1.29, 1.82) is 5.41 Å². The quantitative estimate of drug-likeness (QED) is 0.460. The summed E-state index contributed by atoms with van der Waals surface area (Å²) < 4.78 is 0. The van der Waals surface area contributed by atoms with Crippen LogP contribution in [-0.2, 0) is 4.79 Å². The van der Waals surface area contributed by atoms with Crippen molar-refractivity contribution in [2.24, 2.45) is 0 Å². The first kappa shape index (κ1) is 23.3. The van der Waals surface area contributed by atoms with Crippen LogP contribution in [0.25, 0.3) is 16.6 Å². The number of hydrogen-bond acceptors (Lipinski definition) is 8. The van der Waals surface area contributed by atoms with Crippen LogP contribution < -0.4 is 10.6 Å². The Morgan fingerprint density at radius 2 is 1.94 bits per heavy atom. The molecule has 1 fully saturated rings. The summed E-state index contributed by atoms with van der Waals surface area (Å²) in [5.41, 5.74) is 4.12. The fourth-order valence-corrected chi connectivity index (χ4v) is 3.90. The summed E-state index contributed by atoms with van der Waals surface area (Å²) >= 11 is 0. The van der Waals surface area contributed by atoms with Gasteiger partial charge in [0.15, 0.2) is 5.82 Å². The van der Waals surface area contributed by atoms with Gasteiger partial charge in [0.25, 0.3) is 0 Å². The summed E-state index contributed by atoms with van der Waals surface area (Å²) in [6.45, 7) is 7.34. The molecule has 0 unspecified atom stereocenters. The zero-order valence-electron chi connectivity index (χ0n) is 19.7. The molecule has 3 aromatic heterocycles. The third-order valence-corrected chi connectivity index (χ3v) is 6.04. The van der Waals surface area contributed by atoms with Gasteiger partial charge in [-0.05, 0) is 48.6 Å². The van der Waals surface area contributed by atoms with Gasteiger partial charge in [-0.2, -0.15) is 5.10 Å². The lowest BCUT2D eigenvalue weighted by Gasteiger charge is -2.31. The van der Waals surface area contributed by atoms with Crippen molar-refractivity contribution >= 4 is 40.4 Å². The zero-order chi connectivity index (χ0) is 24.1. The van der Waals surface area contributed by atoms with Crippen molar-refractivity contribution in [1.82, 2.24) is 30.4 Å². The van der Waals surface area contributed by atoms with Crippen molar-refractivity contribution in [2.45, 2.75) is 45.6 Å². The van der Waals surface area contributed by atoms with E-state index in [-0.39, 0.29) is 11.9 Å². The third kappa shape index (κ3) is 5.54. The molecule has 34 heavy (non-hydrogen) atoms. The lowest BCUT2D eigenvalue weighted by molar-refractivity contribution is -0.129. The number of amides is 1. The number of carbonyl (C=O) groups is 1. The van der Waals surface area contributed by atoms with E-state index in [1.165, 1.54) is 6.21 Å². The number of carbonyl (C=O) groups excluding carboxylic acids is 1. The number of allylic oxidation sites excluding steroid dienone is 1. The maximum atomic E-state index is 11.5. The molecule has 1 aliphatic heterocycles. The van der Waals surface area contributed by atoms with Crippen LogP contribution in [0, 0.1) is 5.41 Å². The van der Waals surface area contributed by atoms with E-state index in [1.54, 1.807) is 19.3 Å². The molecule has 0 radical (unpaired) electrons. The minimum absolute atomic E-state index is 0.123. The second kappa shape index (κ2) is 10.4.